The van der Waals surface area contributed by atoms with Gasteiger partial charge in [0.2, 0.25) is 0 Å². The largest absolute Gasteiger partial charge is 0.481 e. The van der Waals surface area contributed by atoms with Gasteiger partial charge in [-0.2, -0.15) is 0 Å². The molecule has 1 N–H and O–H groups in total. The minimum atomic E-state index is -0.847. The van der Waals surface area contributed by atoms with E-state index in [1.54, 1.807) is 0 Å². The Balaban J connectivity index is 1.74. The first-order valence-electron chi connectivity index (χ1n) is 12.6. The Labute approximate surface area is 184 Å². The van der Waals surface area contributed by atoms with Gasteiger partial charge in [-0.1, -0.05) is 66.2 Å². The van der Waals surface area contributed by atoms with Gasteiger partial charge in [0, 0.05) is 0 Å². The average Bonchev–Trinajstić information content (AvgIpc) is 2.69. The Kier molecular flexibility index (Phi) is 10.2. The van der Waals surface area contributed by atoms with Crippen LogP contribution >= 0.6 is 0 Å². The van der Waals surface area contributed by atoms with E-state index in [0.717, 1.165) is 12.8 Å². The molecule has 0 radical (unpaired) electrons. The zero-order valence-corrected chi connectivity index (χ0v) is 20.0. The van der Waals surface area contributed by atoms with Crippen LogP contribution in [0.3, 0.4) is 0 Å². The predicted molar refractivity (Wildman–Crippen MR) is 121 cm³/mol. The summed E-state index contributed by atoms with van der Waals surface area (Å²) in [5, 5.41) is 9.52. The summed E-state index contributed by atoms with van der Waals surface area (Å²) in [6, 6.07) is 0. The van der Waals surface area contributed by atoms with E-state index >= 15 is 0 Å². The lowest BCUT2D eigenvalue weighted by molar-refractivity contribution is -0.162. The van der Waals surface area contributed by atoms with Crippen LogP contribution in [0, 0.1) is 35.0 Å². The van der Waals surface area contributed by atoms with Crippen molar-refractivity contribution in [3.8, 4) is 0 Å². The fraction of sp³-hybridized carbons (Fsp3) is 0.923. The Morgan fingerprint density at radius 2 is 1.70 bits per heavy atom. The van der Waals surface area contributed by atoms with Gasteiger partial charge in [-0.15, -0.1) is 0 Å². The molecule has 0 aromatic heterocycles. The number of carboxylic acids is 1. The minimum absolute atomic E-state index is 0.276. The van der Waals surface area contributed by atoms with Gasteiger partial charge >= 0.3 is 11.9 Å². The van der Waals surface area contributed by atoms with Gasteiger partial charge < -0.3 is 9.84 Å². The number of esters is 1. The van der Waals surface area contributed by atoms with Crippen molar-refractivity contribution in [3.05, 3.63) is 0 Å². The molecule has 30 heavy (non-hydrogen) atoms. The van der Waals surface area contributed by atoms with E-state index in [4.69, 9.17) is 4.74 Å². The molecule has 2 rings (SSSR count). The van der Waals surface area contributed by atoms with E-state index in [2.05, 4.69) is 27.7 Å². The zero-order chi connectivity index (χ0) is 22.1. The third kappa shape index (κ3) is 7.57. The second-order valence-electron chi connectivity index (χ2n) is 10.9. The highest BCUT2D eigenvalue weighted by molar-refractivity contribution is 5.81. The number of unbranched alkanes of at least 4 members (excludes halogenated alkanes) is 5. The van der Waals surface area contributed by atoms with Crippen molar-refractivity contribution in [1.82, 2.24) is 0 Å². The van der Waals surface area contributed by atoms with Crippen molar-refractivity contribution in [1.29, 1.82) is 0 Å². The Morgan fingerprint density at radius 3 is 2.37 bits per heavy atom. The Morgan fingerprint density at radius 1 is 1.00 bits per heavy atom. The summed E-state index contributed by atoms with van der Waals surface area (Å²) in [5.74, 6) is -0.823. The van der Waals surface area contributed by atoms with Gasteiger partial charge in [0.1, 0.15) is 0 Å². The van der Waals surface area contributed by atoms with E-state index in [1.807, 2.05) is 0 Å². The highest BCUT2D eigenvalue weighted by Gasteiger charge is 2.40. The number of carbonyl (C=O) groups is 2. The van der Waals surface area contributed by atoms with Crippen LogP contribution in [0.4, 0.5) is 0 Å². The molecular weight excluding hydrogens is 376 g/mol. The van der Waals surface area contributed by atoms with E-state index < -0.39 is 17.8 Å². The van der Waals surface area contributed by atoms with Gasteiger partial charge in [-0.05, 0) is 68.1 Å². The van der Waals surface area contributed by atoms with Gasteiger partial charge in [-0.3, -0.25) is 9.59 Å². The number of carbonyl (C=O) groups excluding carboxylic acids is 1. The maximum absolute atomic E-state index is 12.7. The second kappa shape index (κ2) is 12.1. The first-order chi connectivity index (χ1) is 14.3. The minimum Gasteiger partial charge on any atom is -0.481 e. The smallest absolute Gasteiger partial charge is 0.309 e. The lowest BCUT2D eigenvalue weighted by atomic mass is 9.65. The van der Waals surface area contributed by atoms with E-state index in [-0.39, 0.29) is 5.97 Å². The molecule has 4 nitrogen and oxygen atoms in total. The molecule has 4 heteroatoms. The highest BCUT2D eigenvalue weighted by Crippen LogP contribution is 2.45. The highest BCUT2D eigenvalue weighted by atomic mass is 16.5. The zero-order valence-electron chi connectivity index (χ0n) is 20.0. The number of aliphatic carboxylic acids is 1. The predicted octanol–water partition coefficient (Wildman–Crippen LogP) is 6.86. The summed E-state index contributed by atoms with van der Waals surface area (Å²) >= 11 is 0. The first kappa shape index (κ1) is 25.2. The molecule has 0 aliphatic heterocycles. The number of rotatable bonds is 11. The number of hydrogen-bond acceptors (Lipinski definition) is 3. The summed E-state index contributed by atoms with van der Waals surface area (Å²) in [6.45, 7) is 9.55. The van der Waals surface area contributed by atoms with Crippen molar-refractivity contribution in [2.75, 3.05) is 6.61 Å². The topological polar surface area (TPSA) is 63.6 Å². The molecule has 2 fully saturated rings. The molecule has 0 heterocycles. The number of hydrogen-bond donors (Lipinski definition) is 1. The van der Waals surface area contributed by atoms with E-state index in [1.165, 1.54) is 57.8 Å². The molecule has 2 aliphatic rings. The molecule has 0 saturated heterocycles. The van der Waals surface area contributed by atoms with Crippen LogP contribution in [0.1, 0.15) is 111 Å². The molecule has 2 saturated carbocycles. The Bertz CT molecular complexity index is 545. The molecule has 174 valence electrons. The SMILES string of the molecule is CCCCCCCCC1(C)CCC(COC(=O)C2CCC(C)CC2C(=O)O)C(C)C1. The van der Waals surface area contributed by atoms with Gasteiger partial charge in [-0.25, -0.2) is 0 Å². The second-order valence-corrected chi connectivity index (χ2v) is 10.9. The third-order valence-corrected chi connectivity index (χ3v) is 8.04. The summed E-state index contributed by atoms with van der Waals surface area (Å²) in [6.07, 6.45) is 15.1. The molecule has 0 aromatic carbocycles. The lowest BCUT2D eigenvalue weighted by Gasteiger charge is -2.42. The maximum atomic E-state index is 12.7. The molecule has 0 aromatic rings. The standard InChI is InChI=1S/C26H46O4/c1-5-6-7-8-9-10-14-26(4)15-13-21(20(3)17-26)18-30-25(29)22-12-11-19(2)16-23(22)24(27)28/h19-23H,5-18H2,1-4H3,(H,27,28). The van der Waals surface area contributed by atoms with Crippen molar-refractivity contribution < 1.29 is 19.4 Å². The summed E-state index contributed by atoms with van der Waals surface area (Å²) in [7, 11) is 0. The average molecular weight is 423 g/mol. The van der Waals surface area contributed by atoms with Crippen LogP contribution in [0.2, 0.25) is 0 Å². The molecule has 0 bridgehead atoms. The van der Waals surface area contributed by atoms with E-state index in [0.29, 0.717) is 42.6 Å². The van der Waals surface area contributed by atoms with Gasteiger partial charge in [0.15, 0.2) is 0 Å². The molecule has 2 aliphatic carbocycles. The fourth-order valence-electron chi connectivity index (χ4n) is 5.90. The van der Waals surface area contributed by atoms with Crippen molar-refractivity contribution in [2.45, 2.75) is 111 Å². The fourth-order valence-corrected chi connectivity index (χ4v) is 5.90. The Hall–Kier alpha value is -1.06. The van der Waals surface area contributed by atoms with Crippen molar-refractivity contribution >= 4 is 11.9 Å². The number of ether oxygens (including phenoxy) is 1. The number of carboxylic acid groups (broad SMARTS) is 1. The van der Waals surface area contributed by atoms with Gasteiger partial charge in [0.05, 0.1) is 18.4 Å². The van der Waals surface area contributed by atoms with Gasteiger partial charge in [0.25, 0.3) is 0 Å². The van der Waals surface area contributed by atoms with Crippen LogP contribution in [-0.4, -0.2) is 23.7 Å². The molecule has 0 spiro atoms. The molecule has 6 atom stereocenters. The van der Waals surface area contributed by atoms with Crippen LogP contribution in [-0.2, 0) is 14.3 Å². The van der Waals surface area contributed by atoms with Crippen LogP contribution in [0.5, 0.6) is 0 Å². The lowest BCUT2D eigenvalue weighted by Crippen LogP contribution is -2.38. The molecule has 6 unspecified atom stereocenters. The normalized spacial score (nSPS) is 34.5. The molecule has 0 amide bonds. The van der Waals surface area contributed by atoms with Crippen LogP contribution < -0.4 is 0 Å². The quantitative estimate of drug-likeness (QED) is 0.292. The maximum Gasteiger partial charge on any atom is 0.309 e. The van der Waals surface area contributed by atoms with E-state index in [9.17, 15) is 14.7 Å². The monoisotopic (exact) mass is 422 g/mol. The summed E-state index contributed by atoms with van der Waals surface area (Å²) in [4.78, 5) is 24.3. The molecular formula is C26H46O4. The van der Waals surface area contributed by atoms with Crippen LogP contribution in [0.25, 0.3) is 0 Å². The first-order valence-corrected chi connectivity index (χ1v) is 12.6. The summed E-state index contributed by atoms with van der Waals surface area (Å²) in [5.41, 5.74) is 0.429. The van der Waals surface area contributed by atoms with Crippen molar-refractivity contribution in [2.24, 2.45) is 35.0 Å². The third-order valence-electron chi connectivity index (χ3n) is 8.04. The van der Waals surface area contributed by atoms with Crippen LogP contribution in [0.15, 0.2) is 0 Å². The summed E-state index contributed by atoms with van der Waals surface area (Å²) < 4.78 is 5.71. The van der Waals surface area contributed by atoms with Crippen molar-refractivity contribution in [3.63, 3.8) is 0 Å².